The Balaban J connectivity index is 0. The quantitative estimate of drug-likeness (QED) is 0.595. The zero-order valence-electron chi connectivity index (χ0n) is 10.6. The van der Waals surface area contributed by atoms with Crippen molar-refractivity contribution in [2.45, 2.75) is 33.1 Å². The van der Waals surface area contributed by atoms with Crippen LogP contribution in [0.1, 0.15) is 33.1 Å². The molecule has 0 radical (unpaired) electrons. The molecular weight excluding hydrogens is 242 g/mol. The van der Waals surface area contributed by atoms with Gasteiger partial charge < -0.3 is 16.4 Å². The van der Waals surface area contributed by atoms with Crippen LogP contribution in [0.4, 0.5) is 0 Å². The summed E-state index contributed by atoms with van der Waals surface area (Å²) >= 11 is 0. The van der Waals surface area contributed by atoms with Gasteiger partial charge in [-0.2, -0.15) is 0 Å². The van der Waals surface area contributed by atoms with Gasteiger partial charge in [-0.15, -0.1) is 12.4 Å². The predicted molar refractivity (Wildman–Crippen MR) is 71.0 cm³/mol. The summed E-state index contributed by atoms with van der Waals surface area (Å²) in [5.41, 5.74) is 5.43. The van der Waals surface area contributed by atoms with Crippen LogP contribution in [0, 0.1) is 5.92 Å². The van der Waals surface area contributed by atoms with Gasteiger partial charge in [0.2, 0.25) is 11.8 Å². The van der Waals surface area contributed by atoms with Crippen LogP contribution in [0.25, 0.3) is 0 Å². The summed E-state index contributed by atoms with van der Waals surface area (Å²) in [6.07, 6.45) is 1.40. The average Bonchev–Trinajstić information content (AvgIpc) is 2.26. The number of carbonyl (C=O) groups is 2. The lowest BCUT2D eigenvalue weighted by atomic mass is 10.1. The molecule has 0 spiro atoms. The van der Waals surface area contributed by atoms with Crippen molar-refractivity contribution in [2.24, 2.45) is 11.7 Å². The van der Waals surface area contributed by atoms with E-state index in [1.54, 1.807) is 0 Å². The lowest BCUT2D eigenvalue weighted by Crippen LogP contribution is -2.31. The highest BCUT2D eigenvalue weighted by molar-refractivity contribution is 5.85. The summed E-state index contributed by atoms with van der Waals surface area (Å²) in [5.74, 6) is 0.294. The lowest BCUT2D eigenvalue weighted by Gasteiger charge is -2.09. The molecule has 0 fully saturated rings. The highest BCUT2D eigenvalue weighted by Crippen LogP contribution is 1.96. The molecule has 2 amide bonds. The van der Waals surface area contributed by atoms with E-state index in [4.69, 9.17) is 5.73 Å². The molecule has 102 valence electrons. The van der Waals surface area contributed by atoms with Gasteiger partial charge in [0.15, 0.2) is 0 Å². The van der Waals surface area contributed by atoms with Crippen LogP contribution < -0.4 is 16.4 Å². The highest BCUT2D eigenvalue weighted by Gasteiger charge is 2.05. The molecule has 5 nitrogen and oxygen atoms in total. The molecule has 0 aromatic heterocycles. The van der Waals surface area contributed by atoms with Crippen LogP contribution in [0.3, 0.4) is 0 Å². The summed E-state index contributed by atoms with van der Waals surface area (Å²) < 4.78 is 0. The Bertz CT molecular complexity index is 225. The molecule has 4 N–H and O–H groups in total. The van der Waals surface area contributed by atoms with E-state index in [9.17, 15) is 9.59 Å². The number of nitrogens with two attached hydrogens (primary N) is 1. The Morgan fingerprint density at radius 1 is 1.18 bits per heavy atom. The first-order valence-corrected chi connectivity index (χ1v) is 5.83. The van der Waals surface area contributed by atoms with Gasteiger partial charge in [-0.3, -0.25) is 9.59 Å². The van der Waals surface area contributed by atoms with E-state index in [0.29, 0.717) is 44.8 Å². The first kappa shape index (κ1) is 18.6. The number of hydrogen-bond donors (Lipinski definition) is 3. The summed E-state index contributed by atoms with van der Waals surface area (Å²) in [5, 5.41) is 5.48. The third-order valence-corrected chi connectivity index (χ3v) is 2.23. The second-order valence-electron chi connectivity index (χ2n) is 3.95. The molecule has 17 heavy (non-hydrogen) atoms. The summed E-state index contributed by atoms with van der Waals surface area (Å²) in [6.45, 7) is 5.67. The van der Waals surface area contributed by atoms with Crippen molar-refractivity contribution >= 4 is 24.2 Å². The minimum Gasteiger partial charge on any atom is -0.356 e. The van der Waals surface area contributed by atoms with Crippen molar-refractivity contribution in [1.29, 1.82) is 0 Å². The largest absolute Gasteiger partial charge is 0.356 e. The molecule has 0 saturated carbocycles. The van der Waals surface area contributed by atoms with Gasteiger partial charge >= 0.3 is 0 Å². The Labute approximate surface area is 109 Å². The summed E-state index contributed by atoms with van der Waals surface area (Å²) in [7, 11) is 0. The molecule has 6 heteroatoms. The van der Waals surface area contributed by atoms with Crippen LogP contribution in [-0.4, -0.2) is 31.4 Å². The first-order chi connectivity index (χ1) is 7.60. The fourth-order valence-corrected chi connectivity index (χ4v) is 1.15. The van der Waals surface area contributed by atoms with Crippen molar-refractivity contribution in [1.82, 2.24) is 10.6 Å². The molecule has 0 aliphatic heterocycles. The van der Waals surface area contributed by atoms with E-state index in [1.807, 2.05) is 13.8 Å². The number of rotatable bonds is 8. The monoisotopic (exact) mass is 265 g/mol. The van der Waals surface area contributed by atoms with Gasteiger partial charge in [-0.05, 0) is 25.8 Å². The maximum absolute atomic E-state index is 11.3. The third kappa shape index (κ3) is 11.5. The molecule has 0 bridgehead atoms. The molecule has 0 aromatic carbocycles. The van der Waals surface area contributed by atoms with Crippen molar-refractivity contribution in [2.75, 3.05) is 19.6 Å². The second-order valence-corrected chi connectivity index (χ2v) is 3.95. The minimum atomic E-state index is -0.00963. The van der Waals surface area contributed by atoms with Crippen molar-refractivity contribution in [3.05, 3.63) is 0 Å². The highest BCUT2D eigenvalue weighted by atomic mass is 35.5. The fraction of sp³-hybridized carbons (Fsp3) is 0.818. The molecule has 0 aliphatic carbocycles. The molecule has 0 heterocycles. The Morgan fingerprint density at radius 3 is 2.18 bits per heavy atom. The van der Waals surface area contributed by atoms with E-state index < -0.39 is 0 Å². The van der Waals surface area contributed by atoms with Crippen LogP contribution in [0.2, 0.25) is 0 Å². The fourth-order valence-electron chi connectivity index (χ4n) is 1.15. The van der Waals surface area contributed by atoms with Crippen molar-refractivity contribution < 1.29 is 9.59 Å². The smallest absolute Gasteiger partial charge is 0.220 e. The number of hydrogen-bond acceptors (Lipinski definition) is 3. The van der Waals surface area contributed by atoms with Gasteiger partial charge in [0.25, 0.3) is 0 Å². The standard InChI is InChI=1S/C11H23N3O2.ClH/c1-3-13-10(15)5-4-6-11(16)14-8-9(2)7-12;/h9H,3-8,12H2,1-2H3,(H,13,15)(H,14,16);1H. The first-order valence-electron chi connectivity index (χ1n) is 5.83. The zero-order chi connectivity index (χ0) is 12.4. The van der Waals surface area contributed by atoms with Gasteiger partial charge in [-0.1, -0.05) is 6.92 Å². The average molecular weight is 266 g/mol. The second kappa shape index (κ2) is 11.7. The molecular formula is C11H24ClN3O2. The Hall–Kier alpha value is -0.810. The molecule has 1 unspecified atom stereocenters. The number of halogens is 1. The normalized spacial score (nSPS) is 11.2. The third-order valence-electron chi connectivity index (χ3n) is 2.23. The van der Waals surface area contributed by atoms with Crippen LogP contribution in [-0.2, 0) is 9.59 Å². The van der Waals surface area contributed by atoms with E-state index in [1.165, 1.54) is 0 Å². The topological polar surface area (TPSA) is 84.2 Å². The van der Waals surface area contributed by atoms with Crippen molar-refractivity contribution in [3.63, 3.8) is 0 Å². The number of amides is 2. The summed E-state index contributed by atoms with van der Waals surface area (Å²) in [6, 6.07) is 0. The van der Waals surface area contributed by atoms with E-state index in [-0.39, 0.29) is 24.2 Å². The Morgan fingerprint density at radius 2 is 1.71 bits per heavy atom. The van der Waals surface area contributed by atoms with Gasteiger partial charge in [0.1, 0.15) is 0 Å². The van der Waals surface area contributed by atoms with Crippen molar-refractivity contribution in [3.8, 4) is 0 Å². The van der Waals surface area contributed by atoms with Gasteiger partial charge in [0, 0.05) is 25.9 Å². The molecule has 0 aromatic rings. The van der Waals surface area contributed by atoms with Gasteiger partial charge in [0.05, 0.1) is 0 Å². The SMILES string of the molecule is CCNC(=O)CCCC(=O)NCC(C)CN.Cl. The predicted octanol–water partition coefficient (Wildman–Crippen LogP) is 0.426. The van der Waals surface area contributed by atoms with E-state index in [2.05, 4.69) is 10.6 Å². The summed E-state index contributed by atoms with van der Waals surface area (Å²) in [4.78, 5) is 22.4. The maximum atomic E-state index is 11.3. The molecule has 1 atom stereocenters. The zero-order valence-corrected chi connectivity index (χ0v) is 11.4. The van der Waals surface area contributed by atoms with Gasteiger partial charge in [-0.25, -0.2) is 0 Å². The van der Waals surface area contributed by atoms with Crippen LogP contribution in [0.5, 0.6) is 0 Å². The lowest BCUT2D eigenvalue weighted by molar-refractivity contribution is -0.122. The minimum absolute atomic E-state index is 0. The van der Waals surface area contributed by atoms with E-state index in [0.717, 1.165) is 0 Å². The molecule has 0 aliphatic rings. The molecule has 0 rings (SSSR count). The Kier molecular flexibility index (Phi) is 12.7. The van der Waals surface area contributed by atoms with Crippen LogP contribution in [0.15, 0.2) is 0 Å². The number of carbonyl (C=O) groups excluding carboxylic acids is 2. The van der Waals surface area contributed by atoms with E-state index >= 15 is 0 Å². The molecule has 0 saturated heterocycles. The maximum Gasteiger partial charge on any atom is 0.220 e. The van der Waals surface area contributed by atoms with Crippen LogP contribution >= 0.6 is 12.4 Å². The number of nitrogens with one attached hydrogen (secondary N) is 2.